The van der Waals surface area contributed by atoms with E-state index >= 15 is 0 Å². The molecule has 0 unspecified atom stereocenters. The number of carboxylic acids is 1. The Kier molecular flexibility index (Phi) is 3.12. The lowest BCUT2D eigenvalue weighted by molar-refractivity contribution is 0.0689. The van der Waals surface area contributed by atoms with E-state index in [4.69, 9.17) is 10.8 Å². The quantitative estimate of drug-likeness (QED) is 0.689. The average Bonchev–Trinajstić information content (AvgIpc) is 2.19. The first-order valence-corrected chi connectivity index (χ1v) is 4.65. The van der Waals surface area contributed by atoms with Crippen LogP contribution in [-0.2, 0) is 6.42 Å². The number of amides is 1. The Bertz CT molecular complexity index is 468. The fourth-order valence-corrected chi connectivity index (χ4v) is 1.48. The third-order valence-corrected chi connectivity index (χ3v) is 2.22. The van der Waals surface area contributed by atoms with Crippen LogP contribution in [0.2, 0.25) is 0 Å². The van der Waals surface area contributed by atoms with Crippen molar-refractivity contribution in [2.24, 2.45) is 5.73 Å². The van der Waals surface area contributed by atoms with Crippen molar-refractivity contribution in [2.75, 3.05) is 0 Å². The number of hydrogen-bond acceptors (Lipinski definition) is 4. The van der Waals surface area contributed by atoms with Gasteiger partial charge in [0.2, 0.25) is 0 Å². The van der Waals surface area contributed by atoms with Crippen LogP contribution in [0.15, 0.2) is 0 Å². The molecule has 4 N–H and O–H groups in total. The molecular weight excluding hydrogens is 212 g/mol. The molecule has 0 spiro atoms. The molecule has 1 aromatic rings. The van der Waals surface area contributed by atoms with Crippen molar-refractivity contribution < 1.29 is 19.8 Å². The Balaban J connectivity index is 3.71. The summed E-state index contributed by atoms with van der Waals surface area (Å²) in [7, 11) is 0. The second-order valence-corrected chi connectivity index (χ2v) is 3.27. The van der Waals surface area contributed by atoms with Crippen LogP contribution in [0.3, 0.4) is 0 Å². The minimum absolute atomic E-state index is 0.190. The zero-order valence-electron chi connectivity index (χ0n) is 8.94. The first-order valence-electron chi connectivity index (χ1n) is 4.65. The average molecular weight is 224 g/mol. The summed E-state index contributed by atoms with van der Waals surface area (Å²) in [5.41, 5.74) is 4.78. The Morgan fingerprint density at radius 2 is 1.94 bits per heavy atom. The van der Waals surface area contributed by atoms with Gasteiger partial charge in [-0.05, 0) is 13.3 Å². The molecular formula is C10H12N2O4. The third-order valence-electron chi connectivity index (χ3n) is 2.22. The van der Waals surface area contributed by atoms with Crippen molar-refractivity contribution in [1.82, 2.24) is 4.98 Å². The Morgan fingerprint density at radius 3 is 2.31 bits per heavy atom. The van der Waals surface area contributed by atoms with Gasteiger partial charge in [0.15, 0.2) is 0 Å². The number of aromatic carboxylic acids is 1. The van der Waals surface area contributed by atoms with E-state index in [-0.39, 0.29) is 22.5 Å². The van der Waals surface area contributed by atoms with Crippen molar-refractivity contribution in [3.05, 3.63) is 22.5 Å². The number of carbonyl (C=O) groups is 2. The number of pyridine rings is 1. The molecule has 0 fully saturated rings. The lowest BCUT2D eigenvalue weighted by Crippen LogP contribution is -2.20. The van der Waals surface area contributed by atoms with Crippen LogP contribution in [0.25, 0.3) is 0 Å². The van der Waals surface area contributed by atoms with Gasteiger partial charge in [-0.3, -0.25) is 9.78 Å². The number of rotatable bonds is 3. The smallest absolute Gasteiger partial charge is 0.338 e. The van der Waals surface area contributed by atoms with E-state index in [2.05, 4.69) is 4.98 Å². The summed E-state index contributed by atoms with van der Waals surface area (Å²) in [5.74, 6) is -2.77. The highest BCUT2D eigenvalue weighted by Crippen LogP contribution is 2.26. The van der Waals surface area contributed by atoms with E-state index in [1.54, 1.807) is 6.92 Å². The van der Waals surface area contributed by atoms with Gasteiger partial charge in [-0.1, -0.05) is 6.92 Å². The fraction of sp³-hybridized carbons (Fsp3) is 0.300. The number of primary amides is 1. The van der Waals surface area contributed by atoms with Crippen LogP contribution in [0.4, 0.5) is 0 Å². The monoisotopic (exact) mass is 224 g/mol. The Labute approximate surface area is 91.7 Å². The molecule has 0 aliphatic heterocycles. The number of carbonyl (C=O) groups excluding carboxylic acids is 1. The van der Waals surface area contributed by atoms with Gasteiger partial charge >= 0.3 is 5.97 Å². The Morgan fingerprint density at radius 1 is 1.38 bits per heavy atom. The largest absolute Gasteiger partial charge is 0.505 e. The van der Waals surface area contributed by atoms with Crippen LogP contribution in [0, 0.1) is 6.92 Å². The van der Waals surface area contributed by atoms with E-state index < -0.39 is 17.6 Å². The molecule has 0 aliphatic rings. The van der Waals surface area contributed by atoms with Crippen LogP contribution >= 0.6 is 0 Å². The molecule has 0 aromatic carbocycles. The number of aromatic nitrogens is 1. The van der Waals surface area contributed by atoms with E-state index in [9.17, 15) is 14.7 Å². The molecule has 6 heteroatoms. The molecule has 1 heterocycles. The van der Waals surface area contributed by atoms with E-state index in [0.717, 1.165) is 0 Å². The van der Waals surface area contributed by atoms with E-state index in [1.165, 1.54) is 6.92 Å². The summed E-state index contributed by atoms with van der Waals surface area (Å²) in [5, 5.41) is 18.6. The minimum Gasteiger partial charge on any atom is -0.505 e. The van der Waals surface area contributed by atoms with E-state index in [0.29, 0.717) is 6.42 Å². The predicted octanol–water partition coefficient (Wildman–Crippen LogP) is 0.455. The molecule has 0 radical (unpaired) electrons. The minimum atomic E-state index is -1.33. The van der Waals surface area contributed by atoms with Gasteiger partial charge in [-0.2, -0.15) is 0 Å². The summed E-state index contributed by atoms with van der Waals surface area (Å²) < 4.78 is 0. The number of carboxylic acid groups (broad SMARTS) is 1. The first-order chi connectivity index (χ1) is 7.40. The SMILES string of the molecule is CCc1nc(C)c(O)c(C(N)=O)c1C(=O)O. The van der Waals surface area contributed by atoms with Gasteiger partial charge in [0.05, 0.1) is 22.5 Å². The van der Waals surface area contributed by atoms with Crippen LogP contribution < -0.4 is 5.73 Å². The second kappa shape index (κ2) is 4.18. The highest BCUT2D eigenvalue weighted by atomic mass is 16.4. The molecule has 16 heavy (non-hydrogen) atoms. The number of aryl methyl sites for hydroxylation is 2. The standard InChI is InChI=1S/C10H12N2O4/c1-3-5-6(10(15)16)7(9(11)14)8(13)4(2)12-5/h13H,3H2,1-2H3,(H2,11,14)(H,15,16). The number of hydrogen-bond donors (Lipinski definition) is 3. The van der Waals surface area contributed by atoms with Crippen molar-refractivity contribution >= 4 is 11.9 Å². The first kappa shape index (κ1) is 12.0. The maximum absolute atomic E-state index is 11.1. The lowest BCUT2D eigenvalue weighted by atomic mass is 10.0. The van der Waals surface area contributed by atoms with Gasteiger partial charge in [0.25, 0.3) is 5.91 Å². The molecule has 0 saturated heterocycles. The van der Waals surface area contributed by atoms with Gasteiger partial charge < -0.3 is 15.9 Å². The molecule has 0 saturated carbocycles. The van der Waals surface area contributed by atoms with Gasteiger partial charge in [0.1, 0.15) is 5.75 Å². The maximum Gasteiger partial charge on any atom is 0.338 e. The number of aromatic hydroxyl groups is 1. The van der Waals surface area contributed by atoms with Crippen molar-refractivity contribution in [3.8, 4) is 5.75 Å². The van der Waals surface area contributed by atoms with Gasteiger partial charge in [0, 0.05) is 0 Å². The molecule has 0 bridgehead atoms. The zero-order valence-corrected chi connectivity index (χ0v) is 8.94. The summed E-state index contributed by atoms with van der Waals surface area (Å²) in [6.07, 6.45) is 0.336. The Hall–Kier alpha value is -2.11. The normalized spacial score (nSPS) is 10.1. The predicted molar refractivity (Wildman–Crippen MR) is 55.5 cm³/mol. The summed E-state index contributed by atoms with van der Waals surface area (Å²) in [4.78, 5) is 26.1. The van der Waals surface area contributed by atoms with Crippen molar-refractivity contribution in [1.29, 1.82) is 0 Å². The number of nitrogens with two attached hydrogens (primary N) is 1. The van der Waals surface area contributed by atoms with Crippen LogP contribution in [0.5, 0.6) is 5.75 Å². The van der Waals surface area contributed by atoms with Crippen molar-refractivity contribution in [2.45, 2.75) is 20.3 Å². The summed E-state index contributed by atoms with van der Waals surface area (Å²) >= 11 is 0. The summed E-state index contributed by atoms with van der Waals surface area (Å²) in [6, 6.07) is 0. The molecule has 6 nitrogen and oxygen atoms in total. The molecule has 0 aliphatic carbocycles. The van der Waals surface area contributed by atoms with Crippen LogP contribution in [0.1, 0.15) is 39.0 Å². The fourth-order valence-electron chi connectivity index (χ4n) is 1.48. The molecule has 0 atom stereocenters. The van der Waals surface area contributed by atoms with E-state index in [1.807, 2.05) is 0 Å². The topological polar surface area (TPSA) is 114 Å². The van der Waals surface area contributed by atoms with Crippen LogP contribution in [-0.4, -0.2) is 27.1 Å². The lowest BCUT2D eigenvalue weighted by Gasteiger charge is -2.11. The molecule has 1 amide bonds. The molecule has 1 aromatic heterocycles. The molecule has 1 rings (SSSR count). The highest BCUT2D eigenvalue weighted by molar-refractivity contribution is 6.06. The third kappa shape index (κ3) is 1.81. The van der Waals surface area contributed by atoms with Gasteiger partial charge in [-0.15, -0.1) is 0 Å². The molecule has 86 valence electrons. The summed E-state index contributed by atoms with van der Waals surface area (Å²) in [6.45, 7) is 3.18. The zero-order chi connectivity index (χ0) is 12.5. The highest BCUT2D eigenvalue weighted by Gasteiger charge is 2.25. The van der Waals surface area contributed by atoms with Crippen molar-refractivity contribution in [3.63, 3.8) is 0 Å². The number of nitrogens with zero attached hydrogens (tertiary/aromatic N) is 1. The second-order valence-electron chi connectivity index (χ2n) is 3.27. The van der Waals surface area contributed by atoms with Gasteiger partial charge in [-0.25, -0.2) is 4.79 Å². The maximum atomic E-state index is 11.1.